The summed E-state index contributed by atoms with van der Waals surface area (Å²) in [4.78, 5) is 10.1. The molecule has 1 aromatic carbocycles. The lowest BCUT2D eigenvalue weighted by atomic mass is 10.3. The highest BCUT2D eigenvalue weighted by atomic mass is 32.2. The second-order valence-electron chi connectivity index (χ2n) is 4.61. The first kappa shape index (κ1) is 14.9. The first-order valence-corrected chi connectivity index (χ1v) is 7.88. The molecule has 1 aliphatic heterocycles. The van der Waals surface area contributed by atoms with E-state index in [0.29, 0.717) is 13.1 Å². The molecule has 7 nitrogen and oxygen atoms in total. The first-order valence-electron chi connectivity index (χ1n) is 6.44. The monoisotopic (exact) mass is 299 g/mol. The third-order valence-electron chi connectivity index (χ3n) is 3.41. The van der Waals surface area contributed by atoms with E-state index in [1.54, 1.807) is 6.92 Å². The van der Waals surface area contributed by atoms with Crippen molar-refractivity contribution >= 4 is 15.7 Å². The van der Waals surface area contributed by atoms with E-state index in [4.69, 9.17) is 0 Å². The van der Waals surface area contributed by atoms with Gasteiger partial charge in [-0.25, -0.2) is 8.42 Å². The van der Waals surface area contributed by atoms with Crippen molar-refractivity contribution < 1.29 is 13.3 Å². The Balaban J connectivity index is 2.30. The van der Waals surface area contributed by atoms with Gasteiger partial charge in [-0.15, -0.1) is 0 Å². The average molecular weight is 299 g/mol. The number of rotatable bonds is 5. The Hall–Kier alpha value is -1.51. The maximum atomic E-state index is 12.6. The van der Waals surface area contributed by atoms with Crippen LogP contribution >= 0.6 is 0 Å². The van der Waals surface area contributed by atoms with Crippen LogP contribution in [0, 0.1) is 10.1 Å². The maximum Gasteiger partial charge on any atom is 0.269 e. The lowest BCUT2D eigenvalue weighted by molar-refractivity contribution is -0.384. The third-order valence-corrected chi connectivity index (χ3v) is 5.45. The minimum atomic E-state index is -3.61. The van der Waals surface area contributed by atoms with Crippen LogP contribution in [0.4, 0.5) is 5.69 Å². The molecular formula is C12H17N3O4S. The zero-order valence-electron chi connectivity index (χ0n) is 11.2. The number of nitro benzene ring substituents is 1. The first-order chi connectivity index (χ1) is 9.46. The topological polar surface area (TPSA) is 92.6 Å². The summed E-state index contributed by atoms with van der Waals surface area (Å²) in [6.45, 7) is 3.62. The number of nitrogens with one attached hydrogen (secondary N) is 1. The van der Waals surface area contributed by atoms with Crippen molar-refractivity contribution in [2.45, 2.75) is 24.3 Å². The van der Waals surface area contributed by atoms with Gasteiger partial charge in [0.25, 0.3) is 5.69 Å². The van der Waals surface area contributed by atoms with Crippen LogP contribution in [-0.4, -0.2) is 43.3 Å². The Bertz CT molecular complexity index is 579. The van der Waals surface area contributed by atoms with Crippen LogP contribution in [0.1, 0.15) is 13.3 Å². The third kappa shape index (κ3) is 2.82. The number of likely N-dealkylation sites (N-methyl/N-ethyl adjacent to an activating group) is 1. The van der Waals surface area contributed by atoms with Crippen LogP contribution in [0.15, 0.2) is 29.2 Å². The Morgan fingerprint density at radius 1 is 1.40 bits per heavy atom. The normalized spacial score (nSPS) is 19.4. The Labute approximate surface area is 117 Å². The van der Waals surface area contributed by atoms with Crippen molar-refractivity contribution in [3.05, 3.63) is 34.4 Å². The van der Waals surface area contributed by atoms with E-state index in [9.17, 15) is 18.5 Å². The van der Waals surface area contributed by atoms with Crippen molar-refractivity contribution in [2.24, 2.45) is 0 Å². The Morgan fingerprint density at radius 3 is 2.50 bits per heavy atom. The standard InChI is InChI=1S/C12H17N3O4S/c1-2-14(11-7-8-13-9-11)20(18,19)12-5-3-10(4-6-12)15(16)17/h3-6,11,13H,2,7-9H2,1H3. The lowest BCUT2D eigenvalue weighted by Gasteiger charge is -2.26. The summed E-state index contributed by atoms with van der Waals surface area (Å²) >= 11 is 0. The van der Waals surface area contributed by atoms with Crippen LogP contribution in [0.5, 0.6) is 0 Å². The lowest BCUT2D eigenvalue weighted by Crippen LogP contribution is -2.41. The minimum Gasteiger partial charge on any atom is -0.315 e. The highest BCUT2D eigenvalue weighted by Crippen LogP contribution is 2.22. The maximum absolute atomic E-state index is 12.6. The molecule has 1 fully saturated rings. The molecule has 0 saturated carbocycles. The molecule has 8 heteroatoms. The number of hydrogen-bond acceptors (Lipinski definition) is 5. The van der Waals surface area contributed by atoms with E-state index in [0.717, 1.165) is 13.0 Å². The molecule has 0 spiro atoms. The van der Waals surface area contributed by atoms with Crippen LogP contribution in [0.2, 0.25) is 0 Å². The van der Waals surface area contributed by atoms with Gasteiger partial charge >= 0.3 is 0 Å². The van der Waals surface area contributed by atoms with Gasteiger partial charge in [0.1, 0.15) is 0 Å². The van der Waals surface area contributed by atoms with Crippen molar-refractivity contribution in [2.75, 3.05) is 19.6 Å². The zero-order chi connectivity index (χ0) is 14.8. The molecule has 1 saturated heterocycles. The molecule has 1 aromatic rings. The van der Waals surface area contributed by atoms with Crippen LogP contribution in [0.25, 0.3) is 0 Å². The van der Waals surface area contributed by atoms with E-state index < -0.39 is 14.9 Å². The molecule has 1 atom stereocenters. The van der Waals surface area contributed by atoms with E-state index in [1.807, 2.05) is 0 Å². The summed E-state index contributed by atoms with van der Waals surface area (Å²) in [6.07, 6.45) is 0.778. The van der Waals surface area contributed by atoms with Gasteiger partial charge in [0.2, 0.25) is 10.0 Å². The van der Waals surface area contributed by atoms with Crippen LogP contribution in [0.3, 0.4) is 0 Å². The number of non-ortho nitro benzene ring substituents is 1. The van der Waals surface area contributed by atoms with Crippen molar-refractivity contribution in [1.82, 2.24) is 9.62 Å². The van der Waals surface area contributed by atoms with E-state index in [1.165, 1.54) is 28.6 Å². The molecule has 1 heterocycles. The van der Waals surface area contributed by atoms with Crippen LogP contribution < -0.4 is 5.32 Å². The number of nitro groups is 1. The molecule has 2 rings (SSSR count). The number of sulfonamides is 1. The fourth-order valence-corrected chi connectivity index (χ4v) is 4.05. The van der Waals surface area contributed by atoms with Crippen molar-refractivity contribution in [3.63, 3.8) is 0 Å². The second kappa shape index (κ2) is 5.86. The molecule has 0 aliphatic carbocycles. The molecule has 1 aliphatic rings. The molecule has 0 amide bonds. The summed E-state index contributed by atoms with van der Waals surface area (Å²) in [6, 6.07) is 4.96. The largest absolute Gasteiger partial charge is 0.315 e. The fraction of sp³-hybridized carbons (Fsp3) is 0.500. The van der Waals surface area contributed by atoms with Crippen molar-refractivity contribution in [3.8, 4) is 0 Å². The number of hydrogen-bond donors (Lipinski definition) is 1. The summed E-state index contributed by atoms with van der Waals surface area (Å²) in [5, 5.41) is 13.7. The molecular weight excluding hydrogens is 282 g/mol. The fourth-order valence-electron chi connectivity index (χ4n) is 2.38. The van der Waals surface area contributed by atoms with Crippen LogP contribution in [-0.2, 0) is 10.0 Å². The second-order valence-corrected chi connectivity index (χ2v) is 6.50. The average Bonchev–Trinajstić information content (AvgIpc) is 2.93. The van der Waals surface area contributed by atoms with Gasteiger partial charge in [0.05, 0.1) is 9.82 Å². The van der Waals surface area contributed by atoms with Crippen molar-refractivity contribution in [1.29, 1.82) is 0 Å². The molecule has 110 valence electrons. The SMILES string of the molecule is CCN(C1CCNC1)S(=O)(=O)c1ccc([N+](=O)[O-])cc1. The summed E-state index contributed by atoms with van der Waals surface area (Å²) in [5.74, 6) is 0. The van der Waals surface area contributed by atoms with E-state index >= 15 is 0 Å². The zero-order valence-corrected chi connectivity index (χ0v) is 12.0. The molecule has 0 radical (unpaired) electrons. The van der Waals surface area contributed by atoms with Gasteiger partial charge in [-0.3, -0.25) is 10.1 Å². The summed E-state index contributed by atoms with van der Waals surface area (Å²) in [5.41, 5.74) is -0.116. The molecule has 20 heavy (non-hydrogen) atoms. The Morgan fingerprint density at radius 2 is 2.05 bits per heavy atom. The highest BCUT2D eigenvalue weighted by Gasteiger charge is 2.32. The summed E-state index contributed by atoms with van der Waals surface area (Å²) < 4.78 is 26.6. The van der Waals surface area contributed by atoms with Gasteiger partial charge in [-0.05, 0) is 25.1 Å². The highest BCUT2D eigenvalue weighted by molar-refractivity contribution is 7.89. The van der Waals surface area contributed by atoms with E-state index in [2.05, 4.69) is 5.32 Å². The van der Waals surface area contributed by atoms with Gasteiger partial charge < -0.3 is 5.32 Å². The number of nitrogens with zero attached hydrogens (tertiary/aromatic N) is 2. The predicted octanol–water partition coefficient (Wildman–Crippen LogP) is 0.967. The van der Waals surface area contributed by atoms with Gasteiger partial charge in [-0.1, -0.05) is 6.92 Å². The molecule has 1 N–H and O–H groups in total. The van der Waals surface area contributed by atoms with Gasteiger partial charge in [0.15, 0.2) is 0 Å². The number of benzene rings is 1. The minimum absolute atomic E-state index is 0.0554. The molecule has 0 bridgehead atoms. The molecule has 0 aromatic heterocycles. The predicted molar refractivity (Wildman–Crippen MR) is 73.9 cm³/mol. The summed E-state index contributed by atoms with van der Waals surface area (Å²) in [7, 11) is -3.61. The smallest absolute Gasteiger partial charge is 0.269 e. The van der Waals surface area contributed by atoms with Gasteiger partial charge in [0, 0.05) is 31.3 Å². The quantitative estimate of drug-likeness (QED) is 0.646. The van der Waals surface area contributed by atoms with E-state index in [-0.39, 0.29) is 16.6 Å². The molecule has 1 unspecified atom stereocenters. The Kier molecular flexibility index (Phi) is 4.36. The van der Waals surface area contributed by atoms with Gasteiger partial charge in [-0.2, -0.15) is 4.31 Å².